The lowest BCUT2D eigenvalue weighted by Crippen LogP contribution is -2.34. The van der Waals surface area contributed by atoms with Gasteiger partial charge in [0.1, 0.15) is 11.6 Å². The molecule has 4 rings (SSSR count). The predicted molar refractivity (Wildman–Crippen MR) is 142 cm³/mol. The molecule has 0 radical (unpaired) electrons. The molecule has 2 aromatic heterocycles. The van der Waals surface area contributed by atoms with Crippen LogP contribution >= 0.6 is 0 Å². The smallest absolute Gasteiger partial charge is 0.163 e. The Labute approximate surface area is 209 Å². The molecule has 0 aliphatic carbocycles. The second-order valence-corrected chi connectivity index (χ2v) is 9.80. The minimum atomic E-state index is 0.379. The highest BCUT2D eigenvalue weighted by Gasteiger charge is 2.24. The summed E-state index contributed by atoms with van der Waals surface area (Å²) in [6.45, 7) is 6.63. The van der Waals surface area contributed by atoms with Crippen LogP contribution in [0.3, 0.4) is 0 Å². The lowest BCUT2D eigenvalue weighted by atomic mass is 9.93. The third kappa shape index (κ3) is 6.55. The van der Waals surface area contributed by atoms with Gasteiger partial charge < -0.3 is 14.5 Å². The van der Waals surface area contributed by atoms with Gasteiger partial charge in [-0.1, -0.05) is 6.07 Å². The minimum absolute atomic E-state index is 0.379. The van der Waals surface area contributed by atoms with Gasteiger partial charge in [0.05, 0.1) is 12.3 Å². The minimum Gasteiger partial charge on any atom is -0.494 e. The van der Waals surface area contributed by atoms with E-state index < -0.39 is 0 Å². The van der Waals surface area contributed by atoms with Crippen LogP contribution in [0.5, 0.6) is 5.75 Å². The summed E-state index contributed by atoms with van der Waals surface area (Å²) in [5.41, 5.74) is 4.65. The Morgan fingerprint density at radius 3 is 2.66 bits per heavy atom. The van der Waals surface area contributed by atoms with E-state index in [9.17, 15) is 0 Å². The van der Waals surface area contributed by atoms with Crippen LogP contribution in [0.1, 0.15) is 42.5 Å². The highest BCUT2D eigenvalue weighted by atomic mass is 16.5. The van der Waals surface area contributed by atoms with Crippen molar-refractivity contribution in [2.24, 2.45) is 0 Å². The molecule has 0 saturated carbocycles. The number of hydrogen-bond acceptors (Lipinski definition) is 7. The molecule has 0 amide bonds. The SMILES string of the molecule is CCOc1ccc(CN2CCCC(c3cc(N(C)C)nc(-c4cccnc4)n3)C2)cc1CN(C)C. The highest BCUT2D eigenvalue weighted by Crippen LogP contribution is 2.30. The van der Waals surface area contributed by atoms with Crippen molar-refractivity contribution in [2.75, 3.05) is 52.8 Å². The molecule has 0 N–H and O–H groups in total. The molecular weight excluding hydrogens is 436 g/mol. The van der Waals surface area contributed by atoms with Gasteiger partial charge in [-0.15, -0.1) is 0 Å². The zero-order valence-electron chi connectivity index (χ0n) is 21.7. The topological polar surface area (TPSA) is 57.6 Å². The number of aromatic nitrogens is 3. The average molecular weight is 475 g/mol. The van der Waals surface area contributed by atoms with Crippen LogP contribution in [-0.2, 0) is 13.1 Å². The summed E-state index contributed by atoms with van der Waals surface area (Å²) in [6.07, 6.45) is 5.92. The molecule has 1 aromatic carbocycles. The van der Waals surface area contributed by atoms with E-state index in [1.807, 2.05) is 39.3 Å². The zero-order valence-corrected chi connectivity index (χ0v) is 21.7. The van der Waals surface area contributed by atoms with Crippen LogP contribution in [0.15, 0.2) is 48.8 Å². The molecule has 1 aliphatic heterocycles. The van der Waals surface area contributed by atoms with Crippen molar-refractivity contribution >= 4 is 5.82 Å². The quantitative estimate of drug-likeness (QED) is 0.454. The van der Waals surface area contributed by atoms with Gasteiger partial charge in [0, 0.05) is 69.2 Å². The first kappa shape index (κ1) is 25.1. The maximum Gasteiger partial charge on any atom is 0.163 e. The van der Waals surface area contributed by atoms with Crippen molar-refractivity contribution in [2.45, 2.75) is 38.8 Å². The van der Waals surface area contributed by atoms with E-state index in [4.69, 9.17) is 14.7 Å². The second kappa shape index (κ2) is 11.6. The molecule has 1 aliphatic rings. The first-order valence-electron chi connectivity index (χ1n) is 12.5. The van der Waals surface area contributed by atoms with Crippen molar-refractivity contribution in [3.8, 4) is 17.1 Å². The van der Waals surface area contributed by atoms with E-state index in [2.05, 4.69) is 58.0 Å². The molecule has 7 nitrogen and oxygen atoms in total. The molecular formula is C28H38N6O. The first-order valence-corrected chi connectivity index (χ1v) is 12.5. The van der Waals surface area contributed by atoms with Crippen LogP contribution in [0, 0.1) is 0 Å². The van der Waals surface area contributed by atoms with Crippen LogP contribution in [-0.4, -0.2) is 72.6 Å². The summed E-state index contributed by atoms with van der Waals surface area (Å²) in [6, 6.07) is 12.8. The number of ether oxygens (including phenoxy) is 1. The maximum absolute atomic E-state index is 5.87. The number of hydrogen-bond donors (Lipinski definition) is 0. The fourth-order valence-electron chi connectivity index (χ4n) is 4.71. The molecule has 0 bridgehead atoms. The summed E-state index contributed by atoms with van der Waals surface area (Å²) in [5, 5.41) is 0. The molecule has 1 saturated heterocycles. The Morgan fingerprint density at radius 1 is 1.09 bits per heavy atom. The number of nitrogens with zero attached hydrogens (tertiary/aromatic N) is 6. The molecule has 1 unspecified atom stereocenters. The highest BCUT2D eigenvalue weighted by molar-refractivity contribution is 5.56. The Kier molecular flexibility index (Phi) is 8.31. The van der Waals surface area contributed by atoms with Gasteiger partial charge in [0.2, 0.25) is 0 Å². The molecule has 7 heteroatoms. The monoisotopic (exact) mass is 474 g/mol. The Morgan fingerprint density at radius 2 is 1.94 bits per heavy atom. The molecule has 35 heavy (non-hydrogen) atoms. The third-order valence-corrected chi connectivity index (χ3v) is 6.35. The fraction of sp³-hybridized carbons (Fsp3) is 0.464. The van der Waals surface area contributed by atoms with Gasteiger partial charge >= 0.3 is 0 Å². The normalized spacial score (nSPS) is 16.5. The standard InChI is InChI=1S/C28H38N6O/c1-6-35-26-12-11-21(15-24(26)19-32(2)3)18-34-14-8-10-23(20-34)25-16-27(33(4)5)31-28(30-25)22-9-7-13-29-17-22/h7,9,11-13,15-17,23H,6,8,10,14,18-20H2,1-5H3. The number of benzene rings is 1. The maximum atomic E-state index is 5.87. The molecule has 0 spiro atoms. The number of likely N-dealkylation sites (tertiary alicyclic amines) is 1. The van der Waals surface area contributed by atoms with Crippen LogP contribution in [0.4, 0.5) is 5.82 Å². The fourth-order valence-corrected chi connectivity index (χ4v) is 4.71. The lowest BCUT2D eigenvalue weighted by Gasteiger charge is -2.33. The third-order valence-electron chi connectivity index (χ3n) is 6.35. The van der Waals surface area contributed by atoms with E-state index in [1.165, 1.54) is 11.1 Å². The van der Waals surface area contributed by atoms with Gasteiger partial charge in [-0.3, -0.25) is 9.88 Å². The predicted octanol–water partition coefficient (Wildman–Crippen LogP) is 4.44. The van der Waals surface area contributed by atoms with Gasteiger partial charge in [0.15, 0.2) is 5.82 Å². The second-order valence-electron chi connectivity index (χ2n) is 9.80. The molecule has 3 heterocycles. The molecule has 3 aromatic rings. The number of pyridine rings is 1. The van der Waals surface area contributed by atoms with Gasteiger partial charge in [0.25, 0.3) is 0 Å². The van der Waals surface area contributed by atoms with Crippen LogP contribution in [0.2, 0.25) is 0 Å². The summed E-state index contributed by atoms with van der Waals surface area (Å²) < 4.78 is 5.87. The number of anilines is 1. The number of rotatable bonds is 9. The van der Waals surface area contributed by atoms with Crippen molar-refractivity contribution in [1.29, 1.82) is 0 Å². The van der Waals surface area contributed by atoms with Crippen molar-refractivity contribution in [3.63, 3.8) is 0 Å². The van der Waals surface area contributed by atoms with Crippen molar-refractivity contribution in [1.82, 2.24) is 24.8 Å². The summed E-state index contributed by atoms with van der Waals surface area (Å²) in [4.78, 5) is 20.9. The number of piperidine rings is 1. The van der Waals surface area contributed by atoms with E-state index in [1.54, 1.807) is 6.20 Å². The van der Waals surface area contributed by atoms with Crippen LogP contribution in [0.25, 0.3) is 11.4 Å². The van der Waals surface area contributed by atoms with Crippen molar-refractivity contribution < 1.29 is 4.74 Å². The van der Waals surface area contributed by atoms with Crippen LogP contribution < -0.4 is 9.64 Å². The molecule has 186 valence electrons. The van der Waals surface area contributed by atoms with Gasteiger partial charge in [-0.25, -0.2) is 9.97 Å². The van der Waals surface area contributed by atoms with E-state index in [-0.39, 0.29) is 0 Å². The van der Waals surface area contributed by atoms with E-state index in [0.29, 0.717) is 12.5 Å². The average Bonchev–Trinajstić information content (AvgIpc) is 2.86. The largest absolute Gasteiger partial charge is 0.494 e. The van der Waals surface area contributed by atoms with E-state index in [0.717, 1.165) is 67.7 Å². The zero-order chi connectivity index (χ0) is 24.8. The summed E-state index contributed by atoms with van der Waals surface area (Å²) in [5.74, 6) is 3.05. The molecule has 1 atom stereocenters. The van der Waals surface area contributed by atoms with E-state index >= 15 is 0 Å². The summed E-state index contributed by atoms with van der Waals surface area (Å²) >= 11 is 0. The Hall–Kier alpha value is -3.03. The first-order chi connectivity index (χ1) is 16.9. The van der Waals surface area contributed by atoms with Gasteiger partial charge in [-0.05, 0) is 70.2 Å². The lowest BCUT2D eigenvalue weighted by molar-refractivity contribution is 0.198. The Bertz CT molecular complexity index is 1100. The summed E-state index contributed by atoms with van der Waals surface area (Å²) in [7, 11) is 8.26. The molecule has 1 fully saturated rings. The van der Waals surface area contributed by atoms with Crippen molar-refractivity contribution in [3.05, 3.63) is 65.6 Å². The van der Waals surface area contributed by atoms with Gasteiger partial charge in [-0.2, -0.15) is 0 Å². The Balaban J connectivity index is 1.54.